The van der Waals surface area contributed by atoms with Crippen molar-refractivity contribution >= 4 is 64.5 Å². The molecule has 87 heavy (non-hydrogen) atoms. The number of amides is 4. The maximum absolute atomic E-state index is 14.5. The molecule has 0 unspecified atom stereocenters. The van der Waals surface area contributed by atoms with Crippen molar-refractivity contribution in [1.82, 2.24) is 20.9 Å². The highest BCUT2D eigenvalue weighted by Gasteiger charge is 2.46. The van der Waals surface area contributed by atoms with Crippen LogP contribution in [0, 0.1) is 40.4 Å². The van der Waals surface area contributed by atoms with Crippen LogP contribution in [0.5, 0.6) is 0 Å². The zero-order valence-corrected chi connectivity index (χ0v) is 50.5. The van der Waals surface area contributed by atoms with Crippen molar-refractivity contribution in [1.29, 1.82) is 5.41 Å². The van der Waals surface area contributed by atoms with Gasteiger partial charge in [-0.1, -0.05) is 149 Å². The van der Waals surface area contributed by atoms with Crippen molar-refractivity contribution in [3.05, 3.63) is 144 Å². The first-order chi connectivity index (χ1) is 41.3. The van der Waals surface area contributed by atoms with E-state index in [1.54, 1.807) is 12.1 Å². The Morgan fingerprint density at radius 2 is 0.943 bits per heavy atom. The van der Waals surface area contributed by atoms with Crippen LogP contribution in [-0.4, -0.2) is 124 Å². The van der Waals surface area contributed by atoms with E-state index in [1.165, 1.54) is 4.90 Å². The molecule has 4 aromatic rings. The molecule has 4 amide bonds. The smallest absolute Gasteiger partial charge is 0.310 e. The van der Waals surface area contributed by atoms with Crippen molar-refractivity contribution in [3.8, 4) is 0 Å². The Hall–Kier alpha value is -8.43. The lowest BCUT2D eigenvalue weighted by atomic mass is 9.73. The molecule has 4 aromatic carbocycles. The lowest BCUT2D eigenvalue weighted by Gasteiger charge is -2.40. The Balaban J connectivity index is 1.29. The van der Waals surface area contributed by atoms with Crippen LogP contribution in [0.15, 0.2) is 126 Å². The van der Waals surface area contributed by atoms with E-state index in [4.69, 9.17) is 34.1 Å². The monoisotopic (exact) mass is 1200 g/mol. The van der Waals surface area contributed by atoms with Crippen LogP contribution in [-0.2, 0) is 68.8 Å². The normalized spacial score (nSPS) is 15.7. The number of nitrogens with zero attached hydrogens (tertiary/aromatic N) is 2. The van der Waals surface area contributed by atoms with Crippen LogP contribution in [0.2, 0.25) is 0 Å². The van der Waals surface area contributed by atoms with Crippen LogP contribution in [0.25, 0.3) is 0 Å². The summed E-state index contributed by atoms with van der Waals surface area (Å²) >= 11 is 0. The van der Waals surface area contributed by atoms with E-state index in [-0.39, 0.29) is 107 Å². The fraction of sp³-hybridized carbons (Fsp3) is 0.470. The van der Waals surface area contributed by atoms with E-state index >= 15 is 0 Å². The minimum atomic E-state index is -1.74. The van der Waals surface area contributed by atoms with Gasteiger partial charge in [-0.05, 0) is 85.5 Å². The molecule has 0 spiro atoms. The number of aliphatic carboxylic acids is 1. The maximum Gasteiger partial charge on any atom is 0.310 e. The zero-order chi connectivity index (χ0) is 63.8. The van der Waals surface area contributed by atoms with E-state index in [2.05, 4.69) is 20.9 Å². The van der Waals surface area contributed by atoms with Crippen molar-refractivity contribution in [2.24, 2.45) is 68.7 Å². The van der Waals surface area contributed by atoms with Crippen molar-refractivity contribution in [3.63, 3.8) is 0 Å². The first kappa shape index (κ1) is 69.3. The number of benzene rings is 4. The Morgan fingerprint density at radius 3 is 1.43 bits per heavy atom. The minimum Gasteiger partial charge on any atom is -0.481 e. The number of carboxylic acid groups (broad SMARTS) is 1. The summed E-state index contributed by atoms with van der Waals surface area (Å²) in [4.78, 5) is 132. The summed E-state index contributed by atoms with van der Waals surface area (Å²) < 4.78 is 0. The van der Waals surface area contributed by atoms with Gasteiger partial charge in [0.15, 0.2) is 29.1 Å². The van der Waals surface area contributed by atoms with Gasteiger partial charge in [-0.3, -0.25) is 53.6 Å². The number of Topliss-reactive ketones (excluding diaryl/α,β-unsaturated/α-hetero) is 4. The summed E-state index contributed by atoms with van der Waals surface area (Å²) in [6.07, 6.45) is -1.33. The molecule has 0 saturated carbocycles. The van der Waals surface area contributed by atoms with Gasteiger partial charge in [0.2, 0.25) is 23.6 Å². The van der Waals surface area contributed by atoms with E-state index in [0.717, 1.165) is 22.3 Å². The maximum atomic E-state index is 14.5. The number of piperidine rings is 1. The molecule has 468 valence electrons. The molecule has 0 bridgehead atoms. The van der Waals surface area contributed by atoms with Crippen molar-refractivity contribution in [2.45, 2.75) is 141 Å². The predicted molar refractivity (Wildman–Crippen MR) is 333 cm³/mol. The molecule has 15 N–H and O–H groups in total. The molecular formula is C66H89N11O10. The molecule has 1 fully saturated rings. The molecule has 0 aliphatic carbocycles. The molecule has 5 rings (SSSR count). The van der Waals surface area contributed by atoms with Gasteiger partial charge in [0.05, 0.1) is 53.9 Å². The van der Waals surface area contributed by atoms with Crippen LogP contribution in [0.4, 0.5) is 0 Å². The van der Waals surface area contributed by atoms with E-state index in [9.17, 15) is 48.3 Å². The van der Waals surface area contributed by atoms with Gasteiger partial charge in [-0.2, -0.15) is 0 Å². The summed E-state index contributed by atoms with van der Waals surface area (Å²) in [5.74, 6) is -9.84. The quantitative estimate of drug-likeness (QED) is 0.0226. The summed E-state index contributed by atoms with van der Waals surface area (Å²) in [5, 5.41) is 27.4. The summed E-state index contributed by atoms with van der Waals surface area (Å²) in [7, 11) is 0. The average Bonchev–Trinajstić information content (AvgIpc) is 3.68. The summed E-state index contributed by atoms with van der Waals surface area (Å²) in [6.45, 7) is 6.80. The largest absolute Gasteiger partial charge is 0.481 e. The second-order valence-electron chi connectivity index (χ2n) is 24.1. The van der Waals surface area contributed by atoms with E-state index in [0.29, 0.717) is 0 Å². The Morgan fingerprint density at radius 1 is 0.517 bits per heavy atom. The number of guanidine groups is 1. The van der Waals surface area contributed by atoms with Crippen LogP contribution in [0.3, 0.4) is 0 Å². The number of amidine groups is 1. The van der Waals surface area contributed by atoms with E-state index in [1.807, 2.05) is 137 Å². The van der Waals surface area contributed by atoms with Crippen molar-refractivity contribution < 1.29 is 48.3 Å². The molecule has 21 nitrogen and oxygen atoms in total. The second-order valence-corrected chi connectivity index (χ2v) is 24.1. The van der Waals surface area contributed by atoms with Gasteiger partial charge in [-0.25, -0.2) is 0 Å². The minimum absolute atomic E-state index is 0.104. The molecule has 1 heterocycles. The number of carbonyl (C=O) groups excluding carboxylic acids is 8. The number of aliphatic imine (C=N–C) groups is 1. The van der Waals surface area contributed by atoms with Gasteiger partial charge in [-0.15, -0.1) is 0 Å². The number of rotatable bonds is 36. The van der Waals surface area contributed by atoms with Gasteiger partial charge in [0.1, 0.15) is 0 Å². The Kier molecular flexibility index (Phi) is 27.1. The lowest BCUT2D eigenvalue weighted by molar-refractivity contribution is -0.157. The van der Waals surface area contributed by atoms with Gasteiger partial charge in [0, 0.05) is 57.0 Å². The summed E-state index contributed by atoms with van der Waals surface area (Å²) in [6, 6.07) is 31.1. The molecule has 1 aliphatic rings. The number of carboxylic acids is 1. The molecule has 0 aromatic heterocycles. The molecule has 1 saturated heterocycles. The third-order valence-electron chi connectivity index (χ3n) is 15.9. The summed E-state index contributed by atoms with van der Waals surface area (Å²) in [5.41, 5.74) is 31.5. The van der Waals surface area contributed by atoms with Crippen LogP contribution < -0.4 is 44.6 Å². The molecule has 21 heteroatoms. The number of hydrogen-bond donors (Lipinski definition) is 10. The first-order valence-corrected chi connectivity index (χ1v) is 29.9. The van der Waals surface area contributed by atoms with Gasteiger partial charge in [0.25, 0.3) is 0 Å². The zero-order valence-electron chi connectivity index (χ0n) is 50.5. The fourth-order valence-electron chi connectivity index (χ4n) is 11.1. The molecule has 8 atom stereocenters. The standard InChI is InChI=1S/C66H89N11O10/c1-41(2)29-47(36-56(79)53(34-46-23-15-8-16-24-46)76-62(84)51(68)33-45-21-13-7-14-22-45)60(82)75-54(38-59(69)70)58(81)39-66(64(86)87)25-27-77(28-26-66)63(85)49(40-73-65(71)72)37-57(80)52(30-42(3)4)74-61(83)48(31-43-17-9-5-10-18-43)35-55(78)50(67)32-44-19-11-6-12-20-44/h5-24,41-42,47-54H,25-40,67-68H2,1-4H3,(H3,69,70)(H,74,83)(H,75,82)(H,76,84)(H,86,87)(H4,71,72,73)/t47-,48-,49+,50+,51+,52+,53+,54+/m0/s1. The number of hydrogen-bond acceptors (Lipinski definition) is 13. The predicted octanol–water partition coefficient (Wildman–Crippen LogP) is 4.14. The molecule has 1 aliphatic heterocycles. The van der Waals surface area contributed by atoms with Crippen molar-refractivity contribution in [2.75, 3.05) is 19.6 Å². The number of nitrogens with two attached hydrogens (primary N) is 5. The topological polar surface area (TPSA) is 379 Å². The second kappa shape index (κ2) is 34.1. The number of carbonyl (C=O) groups is 9. The SMILES string of the molecule is CC(C)C[C@@H](CC(=O)[C@@H](Cc1ccccc1)NC(=O)[C@H](N)Cc1ccccc1)C(=O)N[C@H](CC(=N)N)C(=O)CC1(C(=O)O)CCN(C(=O)[C@@H](CN=C(N)N)CC(=O)[C@@H](CC(C)C)NC(=O)[C@H](CC(=O)[C@H](N)Cc2ccccc2)Cc2ccccc2)CC1. The highest BCUT2D eigenvalue weighted by Crippen LogP contribution is 2.37. The first-order valence-electron chi connectivity index (χ1n) is 29.9. The lowest BCUT2D eigenvalue weighted by Crippen LogP contribution is -2.53. The van der Waals surface area contributed by atoms with Gasteiger partial charge < -0.3 is 54.6 Å². The van der Waals surface area contributed by atoms with Crippen LogP contribution >= 0.6 is 0 Å². The highest BCUT2D eigenvalue weighted by molar-refractivity contribution is 5.99. The third kappa shape index (κ3) is 22.7. The Labute approximate surface area is 510 Å². The van der Waals surface area contributed by atoms with Gasteiger partial charge >= 0.3 is 5.97 Å². The highest BCUT2D eigenvalue weighted by atomic mass is 16.4. The Bertz CT molecular complexity index is 2990. The third-order valence-corrected chi connectivity index (χ3v) is 15.9. The number of nitrogens with one attached hydrogen (secondary N) is 4. The van der Waals surface area contributed by atoms with E-state index < -0.39 is 125 Å². The van der Waals surface area contributed by atoms with Crippen LogP contribution in [0.1, 0.15) is 108 Å². The molecular weight excluding hydrogens is 1110 g/mol. The number of likely N-dealkylation sites (tertiary alicyclic amines) is 1. The molecule has 0 radical (unpaired) electrons. The average molecular weight is 1200 g/mol. The fourth-order valence-corrected chi connectivity index (χ4v) is 11.1. The number of ketones is 4.